The summed E-state index contributed by atoms with van der Waals surface area (Å²) in [6.07, 6.45) is 6.21. The zero-order valence-corrected chi connectivity index (χ0v) is 10.6. The van der Waals surface area contributed by atoms with Gasteiger partial charge in [-0.05, 0) is 45.2 Å². The van der Waals surface area contributed by atoms with Crippen LogP contribution in [0, 0.1) is 5.92 Å². The third-order valence-corrected chi connectivity index (χ3v) is 3.73. The Kier molecular flexibility index (Phi) is 5.07. The normalized spacial score (nSPS) is 24.0. The Morgan fingerprint density at radius 3 is 2.33 bits per heavy atom. The molecule has 1 atom stereocenters. The second kappa shape index (κ2) is 5.86. The first kappa shape index (κ1) is 13.0. The number of likely N-dealkylation sites (tertiary alicyclic amines) is 1. The van der Waals surface area contributed by atoms with Gasteiger partial charge >= 0.3 is 0 Å². The summed E-state index contributed by atoms with van der Waals surface area (Å²) in [7, 11) is 0. The minimum absolute atomic E-state index is 0.488. The predicted molar refractivity (Wildman–Crippen MR) is 65.0 cm³/mol. The van der Waals surface area contributed by atoms with Gasteiger partial charge in [-0.2, -0.15) is 0 Å². The molecule has 1 aliphatic rings. The maximum atomic E-state index is 10.0. The number of hydrogen-bond acceptors (Lipinski definition) is 2. The summed E-state index contributed by atoms with van der Waals surface area (Å²) in [6.45, 7) is 9.49. The van der Waals surface area contributed by atoms with Gasteiger partial charge in [0.05, 0.1) is 5.60 Å². The summed E-state index contributed by atoms with van der Waals surface area (Å²) in [4.78, 5) is 2.43. The van der Waals surface area contributed by atoms with Crippen LogP contribution < -0.4 is 0 Å². The molecule has 90 valence electrons. The predicted octanol–water partition coefficient (Wildman–Crippen LogP) is 2.66. The van der Waals surface area contributed by atoms with Gasteiger partial charge in [0.2, 0.25) is 0 Å². The molecule has 1 fully saturated rings. The average molecular weight is 213 g/mol. The van der Waals surface area contributed by atoms with E-state index in [2.05, 4.69) is 18.7 Å². The van der Waals surface area contributed by atoms with E-state index >= 15 is 0 Å². The van der Waals surface area contributed by atoms with Crippen molar-refractivity contribution in [2.75, 3.05) is 19.6 Å². The van der Waals surface area contributed by atoms with Crippen molar-refractivity contribution in [2.24, 2.45) is 5.92 Å². The van der Waals surface area contributed by atoms with E-state index in [-0.39, 0.29) is 0 Å². The van der Waals surface area contributed by atoms with Crippen molar-refractivity contribution in [1.82, 2.24) is 4.90 Å². The van der Waals surface area contributed by atoms with E-state index in [1.54, 1.807) is 0 Å². The van der Waals surface area contributed by atoms with E-state index in [9.17, 15) is 5.11 Å². The summed E-state index contributed by atoms with van der Waals surface area (Å²) in [5, 5.41) is 10.0. The largest absolute Gasteiger partial charge is 0.389 e. The summed E-state index contributed by atoms with van der Waals surface area (Å²) in [6, 6.07) is 0. The first-order valence-corrected chi connectivity index (χ1v) is 6.52. The lowest BCUT2D eigenvalue weighted by atomic mass is 9.91. The molecule has 0 amide bonds. The minimum Gasteiger partial charge on any atom is -0.389 e. The molecule has 1 saturated heterocycles. The third-order valence-electron chi connectivity index (χ3n) is 3.73. The van der Waals surface area contributed by atoms with E-state index in [0.717, 1.165) is 18.9 Å². The van der Waals surface area contributed by atoms with Gasteiger partial charge in [0.25, 0.3) is 0 Å². The van der Waals surface area contributed by atoms with Crippen LogP contribution in [0.25, 0.3) is 0 Å². The highest BCUT2D eigenvalue weighted by molar-refractivity contribution is 4.79. The number of piperidine rings is 1. The second-order valence-corrected chi connectivity index (χ2v) is 5.36. The van der Waals surface area contributed by atoms with Gasteiger partial charge < -0.3 is 10.0 Å². The van der Waals surface area contributed by atoms with Crippen LogP contribution in [-0.4, -0.2) is 35.2 Å². The highest BCUT2D eigenvalue weighted by atomic mass is 16.3. The molecule has 15 heavy (non-hydrogen) atoms. The summed E-state index contributed by atoms with van der Waals surface area (Å²) in [5.74, 6) is 0.942. The molecule has 1 aliphatic heterocycles. The van der Waals surface area contributed by atoms with E-state index in [1.807, 2.05) is 6.92 Å². The van der Waals surface area contributed by atoms with Gasteiger partial charge in [-0.15, -0.1) is 0 Å². The van der Waals surface area contributed by atoms with Crippen molar-refractivity contribution < 1.29 is 5.11 Å². The van der Waals surface area contributed by atoms with E-state index < -0.39 is 5.60 Å². The van der Waals surface area contributed by atoms with Crippen molar-refractivity contribution in [1.29, 1.82) is 0 Å². The van der Waals surface area contributed by atoms with E-state index in [1.165, 1.54) is 38.8 Å². The van der Waals surface area contributed by atoms with Crippen LogP contribution in [0.5, 0.6) is 0 Å². The Morgan fingerprint density at radius 2 is 1.87 bits per heavy atom. The second-order valence-electron chi connectivity index (χ2n) is 5.36. The van der Waals surface area contributed by atoms with Crippen LogP contribution in [0.3, 0.4) is 0 Å². The molecular formula is C13H27NO. The fourth-order valence-corrected chi connectivity index (χ4v) is 2.43. The number of rotatable bonds is 5. The Labute approximate surface area is 94.7 Å². The first-order valence-electron chi connectivity index (χ1n) is 6.52. The summed E-state index contributed by atoms with van der Waals surface area (Å²) < 4.78 is 0. The topological polar surface area (TPSA) is 23.5 Å². The maximum Gasteiger partial charge on any atom is 0.0743 e. The van der Waals surface area contributed by atoms with Crippen LogP contribution in [0.1, 0.15) is 52.9 Å². The molecule has 0 aromatic carbocycles. The van der Waals surface area contributed by atoms with Crippen molar-refractivity contribution >= 4 is 0 Å². The van der Waals surface area contributed by atoms with Crippen molar-refractivity contribution in [3.8, 4) is 0 Å². The van der Waals surface area contributed by atoms with Gasteiger partial charge in [-0.1, -0.05) is 26.7 Å². The Hall–Kier alpha value is -0.0800. The molecule has 0 bridgehead atoms. The van der Waals surface area contributed by atoms with Gasteiger partial charge in [0, 0.05) is 6.54 Å². The molecule has 2 heteroatoms. The number of nitrogens with zero attached hydrogens (tertiary/aromatic N) is 1. The highest BCUT2D eigenvalue weighted by Crippen LogP contribution is 2.23. The quantitative estimate of drug-likeness (QED) is 0.759. The zero-order chi connectivity index (χ0) is 11.3. The Balaban J connectivity index is 2.25. The Bertz CT molecular complexity index is 171. The maximum absolute atomic E-state index is 10.0. The lowest BCUT2D eigenvalue weighted by Crippen LogP contribution is -2.44. The lowest BCUT2D eigenvalue weighted by molar-refractivity contribution is 0.00618. The molecule has 0 aliphatic carbocycles. The number of β-amino-alcohol motifs (C(OH)–C–C–N with tert-alkyl or cyclic N) is 1. The van der Waals surface area contributed by atoms with Crippen molar-refractivity contribution in [3.63, 3.8) is 0 Å². The molecule has 1 unspecified atom stereocenters. The zero-order valence-electron chi connectivity index (χ0n) is 10.6. The van der Waals surface area contributed by atoms with Crippen molar-refractivity contribution in [2.45, 2.75) is 58.5 Å². The summed E-state index contributed by atoms with van der Waals surface area (Å²) >= 11 is 0. The minimum atomic E-state index is -0.488. The molecule has 0 radical (unpaired) electrons. The smallest absolute Gasteiger partial charge is 0.0743 e. The van der Waals surface area contributed by atoms with E-state index in [4.69, 9.17) is 0 Å². The molecule has 0 saturated carbocycles. The third kappa shape index (κ3) is 4.52. The lowest BCUT2D eigenvalue weighted by Gasteiger charge is -2.36. The molecule has 1 rings (SSSR count). The molecule has 0 aromatic rings. The van der Waals surface area contributed by atoms with Gasteiger partial charge in [0.15, 0.2) is 0 Å². The standard InChI is InChI=1S/C13H27NO/c1-4-6-12-7-9-14(10-8-12)11-13(3,15)5-2/h12,15H,4-11H2,1-3H3. The fraction of sp³-hybridized carbons (Fsp3) is 1.00. The van der Waals surface area contributed by atoms with Crippen molar-refractivity contribution in [3.05, 3.63) is 0 Å². The number of aliphatic hydroxyl groups is 1. The molecular weight excluding hydrogens is 186 g/mol. The Morgan fingerprint density at radius 1 is 1.27 bits per heavy atom. The average Bonchev–Trinajstić information content (AvgIpc) is 2.21. The fourth-order valence-electron chi connectivity index (χ4n) is 2.43. The SMILES string of the molecule is CCCC1CCN(CC(C)(O)CC)CC1. The molecule has 1 N–H and O–H groups in total. The molecule has 0 spiro atoms. The summed E-state index contributed by atoms with van der Waals surface area (Å²) in [5.41, 5.74) is -0.488. The number of hydrogen-bond donors (Lipinski definition) is 1. The van der Waals surface area contributed by atoms with Gasteiger partial charge in [0.1, 0.15) is 0 Å². The monoisotopic (exact) mass is 213 g/mol. The van der Waals surface area contributed by atoms with Gasteiger partial charge in [-0.25, -0.2) is 0 Å². The van der Waals surface area contributed by atoms with Crippen LogP contribution in [-0.2, 0) is 0 Å². The van der Waals surface area contributed by atoms with E-state index in [0.29, 0.717) is 0 Å². The molecule has 0 aromatic heterocycles. The van der Waals surface area contributed by atoms with Crippen LogP contribution in [0.4, 0.5) is 0 Å². The van der Waals surface area contributed by atoms with Crippen LogP contribution in [0.15, 0.2) is 0 Å². The van der Waals surface area contributed by atoms with Crippen LogP contribution >= 0.6 is 0 Å². The molecule has 2 nitrogen and oxygen atoms in total. The van der Waals surface area contributed by atoms with Gasteiger partial charge in [-0.3, -0.25) is 0 Å². The van der Waals surface area contributed by atoms with Crippen LogP contribution in [0.2, 0.25) is 0 Å². The first-order chi connectivity index (χ1) is 7.07. The highest BCUT2D eigenvalue weighted by Gasteiger charge is 2.25. The molecule has 1 heterocycles.